The van der Waals surface area contributed by atoms with E-state index in [0.29, 0.717) is 56.5 Å². The number of nitrogens with one attached hydrogen (secondary N) is 2. The van der Waals surface area contributed by atoms with Gasteiger partial charge in [-0.15, -0.1) is 11.3 Å². The smallest absolute Gasteiger partial charge is 0.320 e. The third-order valence-corrected chi connectivity index (χ3v) is 16.6. The Hall–Kier alpha value is -6.76. The third kappa shape index (κ3) is 13.3. The normalized spacial score (nSPS) is 20.0. The summed E-state index contributed by atoms with van der Waals surface area (Å²) in [5.41, 5.74) is 6.72. The number of benzene rings is 3. The molecule has 0 bridgehead atoms. The Morgan fingerprint density at radius 3 is 2.52 bits per heavy atom. The molecule has 3 saturated heterocycles. The van der Waals surface area contributed by atoms with Crippen molar-refractivity contribution < 1.29 is 38.1 Å². The van der Waals surface area contributed by atoms with Gasteiger partial charge in [0.1, 0.15) is 17.9 Å². The molecule has 3 fully saturated rings. The second-order valence-corrected chi connectivity index (χ2v) is 23.1. The zero-order valence-corrected chi connectivity index (χ0v) is 46.8. The van der Waals surface area contributed by atoms with Crippen molar-refractivity contribution in [1.29, 1.82) is 5.26 Å². The van der Waals surface area contributed by atoms with Gasteiger partial charge in [-0.3, -0.25) is 24.1 Å². The highest BCUT2D eigenvalue weighted by Gasteiger charge is 2.45. The van der Waals surface area contributed by atoms with Crippen molar-refractivity contribution in [3.8, 4) is 22.5 Å². The number of halogens is 2. The molecule has 0 spiro atoms. The van der Waals surface area contributed by atoms with E-state index < -0.39 is 47.3 Å². The van der Waals surface area contributed by atoms with Crippen molar-refractivity contribution in [3.63, 3.8) is 0 Å². The third-order valence-electron chi connectivity index (χ3n) is 15.3. The summed E-state index contributed by atoms with van der Waals surface area (Å²) >= 11 is 8.37. The SMILES string of the molecule is C=C(F)C(=O)N1CCN(c2nc(O[C@@H]3CCCN3CCCOCCC(=O)N[C@H](C(=O)N3C[C@H](O)C[C@H]3C(=O)NCc3ccc(-c4scnc4C)cc3)C(C)(C)C)nc3c2CCN(c2cccc4cccc(Cl)c24)C3)C[C@H]1CC#N. The molecule has 0 saturated carbocycles. The number of hydrogen-bond donors (Lipinski definition) is 3. The number of amides is 4. The van der Waals surface area contributed by atoms with Crippen LogP contribution in [0.15, 0.2) is 78.6 Å². The van der Waals surface area contributed by atoms with Crippen LogP contribution in [0.5, 0.6) is 6.01 Å². The summed E-state index contributed by atoms with van der Waals surface area (Å²) in [5, 5.41) is 28.9. The lowest BCUT2D eigenvalue weighted by molar-refractivity contribution is -0.144. The second kappa shape index (κ2) is 25.1. The number of β-amino-alcohol motifs (C(OH)–C–C–N with tert-alkyl or cyclic N) is 1. The maximum absolute atomic E-state index is 14.2. The summed E-state index contributed by atoms with van der Waals surface area (Å²) in [7, 11) is 0. The highest BCUT2D eigenvalue weighted by molar-refractivity contribution is 7.13. The zero-order chi connectivity index (χ0) is 56.0. The van der Waals surface area contributed by atoms with Crippen molar-refractivity contribution in [1.82, 2.24) is 40.3 Å². The summed E-state index contributed by atoms with van der Waals surface area (Å²) in [6.45, 7) is 14.8. The van der Waals surface area contributed by atoms with E-state index >= 15 is 0 Å². The van der Waals surface area contributed by atoms with Crippen molar-refractivity contribution in [2.24, 2.45) is 5.41 Å². The first-order chi connectivity index (χ1) is 38.0. The molecule has 18 nitrogen and oxygen atoms in total. The van der Waals surface area contributed by atoms with Crippen LogP contribution in [0.1, 0.15) is 81.8 Å². The molecule has 9 rings (SSSR count). The number of aliphatic hydroxyl groups excluding tert-OH is 1. The minimum Gasteiger partial charge on any atom is -0.444 e. The molecule has 4 amide bonds. The average Bonchev–Trinajstić information content (AvgIpc) is 4.19. The molecule has 3 N–H and O–H groups in total. The molecule has 5 aromatic rings. The first-order valence-electron chi connectivity index (χ1n) is 27.1. The van der Waals surface area contributed by atoms with Crippen molar-refractivity contribution in [2.75, 3.05) is 68.8 Å². The van der Waals surface area contributed by atoms with E-state index in [-0.39, 0.29) is 76.1 Å². The number of carbonyl (C=O) groups excluding carboxylic acids is 4. The van der Waals surface area contributed by atoms with Crippen LogP contribution in [0, 0.1) is 23.7 Å². The molecule has 0 unspecified atom stereocenters. The van der Waals surface area contributed by atoms with Gasteiger partial charge in [-0.1, -0.05) is 87.5 Å². The van der Waals surface area contributed by atoms with Crippen molar-refractivity contribution in [2.45, 2.75) is 116 Å². The highest BCUT2D eigenvalue weighted by Crippen LogP contribution is 2.38. The number of aliphatic hydroxyl groups is 1. The summed E-state index contributed by atoms with van der Waals surface area (Å²) in [6.07, 6.45) is 1.80. The Kier molecular flexibility index (Phi) is 18.1. The number of fused-ring (bicyclic) bond motifs is 2. The van der Waals surface area contributed by atoms with E-state index in [2.05, 4.69) is 49.0 Å². The van der Waals surface area contributed by atoms with Crippen LogP contribution in [-0.4, -0.2) is 148 Å². The molecule has 79 heavy (non-hydrogen) atoms. The first kappa shape index (κ1) is 56.9. The molecule has 418 valence electrons. The molecular formula is C58H69ClFN11O7S. The standard InChI is InChI=1S/C58H69ClFN11O7S/c1-36(60)55(75)70-27-26-69(32-41(70)19-22-61)53-43-20-25-68(46-13-7-11-39-10-6-12-44(59)50(39)46)34-45(43)64-57(66-53)78-49-14-8-23-67(49)24-9-28-77-29-21-48(73)65-52(58(3,4)5)56(76)71-33-42(72)30-47(71)54(74)62-31-38-15-17-40(18-16-38)51-37(2)63-35-79-51/h6-7,10-13,15-18,35,41-42,47,49,52,72H,1,8-9,14,19-21,23-34H2,2-5H3,(H,62,74)(H,65,73)/t41-,42-,47+,49-,52-/m1/s1. The number of nitriles is 1. The van der Waals surface area contributed by atoms with Crippen molar-refractivity contribution in [3.05, 3.63) is 106 Å². The number of aromatic nitrogens is 3. The molecule has 3 aromatic carbocycles. The molecule has 0 aliphatic carbocycles. The number of ether oxygens (including phenoxy) is 2. The number of piperazine rings is 1. The maximum atomic E-state index is 14.2. The largest absolute Gasteiger partial charge is 0.444 e. The summed E-state index contributed by atoms with van der Waals surface area (Å²) in [4.78, 5) is 78.9. The van der Waals surface area contributed by atoms with Crippen LogP contribution in [0.3, 0.4) is 0 Å². The van der Waals surface area contributed by atoms with Crippen LogP contribution in [0.4, 0.5) is 15.9 Å². The Balaban J connectivity index is 0.791. The van der Waals surface area contributed by atoms with E-state index in [1.54, 1.807) is 11.3 Å². The number of aryl methyl sites for hydroxylation is 1. The quantitative estimate of drug-likeness (QED) is 0.0557. The molecule has 4 aliphatic heterocycles. The Labute approximate surface area is 469 Å². The molecule has 0 radical (unpaired) electrons. The van der Waals surface area contributed by atoms with Gasteiger partial charge >= 0.3 is 6.01 Å². The fourth-order valence-electron chi connectivity index (χ4n) is 11.2. The van der Waals surface area contributed by atoms with Gasteiger partial charge in [0.25, 0.3) is 5.91 Å². The number of rotatable bonds is 19. The Bertz CT molecular complexity index is 3090. The number of thiazole rings is 1. The van der Waals surface area contributed by atoms with Crippen LogP contribution in [0.2, 0.25) is 5.02 Å². The van der Waals surface area contributed by atoms with Gasteiger partial charge in [0.15, 0.2) is 12.1 Å². The van der Waals surface area contributed by atoms with Crippen LogP contribution in [0.25, 0.3) is 21.2 Å². The molecule has 4 aliphatic rings. The van der Waals surface area contributed by atoms with Gasteiger partial charge in [-0.25, -0.2) is 9.37 Å². The van der Waals surface area contributed by atoms with E-state index in [0.717, 1.165) is 68.8 Å². The monoisotopic (exact) mass is 1120 g/mol. The highest BCUT2D eigenvalue weighted by atomic mass is 35.5. The molecule has 2 aromatic heterocycles. The lowest BCUT2D eigenvalue weighted by atomic mass is 9.85. The van der Waals surface area contributed by atoms with Gasteiger partial charge in [-0.05, 0) is 66.7 Å². The minimum atomic E-state index is -1.06. The fraction of sp³-hybridized carbons (Fsp3) is 0.483. The first-order valence-corrected chi connectivity index (χ1v) is 28.4. The number of carbonyl (C=O) groups is 4. The van der Waals surface area contributed by atoms with Gasteiger partial charge in [-0.2, -0.15) is 15.2 Å². The topological polar surface area (TPSA) is 210 Å². The van der Waals surface area contributed by atoms with E-state index in [1.165, 1.54) is 9.80 Å². The Morgan fingerprint density at radius 1 is 1.00 bits per heavy atom. The number of anilines is 2. The van der Waals surface area contributed by atoms with Crippen LogP contribution >= 0.6 is 22.9 Å². The molecule has 21 heteroatoms. The minimum absolute atomic E-state index is 0.00998. The summed E-state index contributed by atoms with van der Waals surface area (Å²) in [6, 6.07) is 19.8. The lowest BCUT2D eigenvalue weighted by Gasteiger charge is -2.42. The summed E-state index contributed by atoms with van der Waals surface area (Å²) < 4.78 is 26.8. The second-order valence-electron chi connectivity index (χ2n) is 21.8. The average molecular weight is 1120 g/mol. The van der Waals surface area contributed by atoms with E-state index in [1.807, 2.05) is 87.8 Å². The van der Waals surface area contributed by atoms with E-state index in [4.69, 9.17) is 31.0 Å². The number of hydrogen-bond acceptors (Lipinski definition) is 15. The number of nitrogens with zero attached hydrogens (tertiary/aromatic N) is 9. The number of likely N-dealkylation sites (tertiary alicyclic amines) is 2. The molecular weight excluding hydrogens is 1050 g/mol. The predicted octanol–water partition coefficient (Wildman–Crippen LogP) is 7.10. The summed E-state index contributed by atoms with van der Waals surface area (Å²) in [5.74, 6) is -2.38. The lowest BCUT2D eigenvalue weighted by Crippen LogP contribution is -2.57. The van der Waals surface area contributed by atoms with Crippen LogP contribution < -0.4 is 25.2 Å². The maximum Gasteiger partial charge on any atom is 0.320 e. The molecule has 6 heterocycles. The molecule has 5 atom stereocenters. The van der Waals surface area contributed by atoms with Gasteiger partial charge in [0, 0.05) is 88.4 Å². The van der Waals surface area contributed by atoms with Gasteiger partial charge in [0.05, 0.1) is 64.6 Å². The zero-order valence-electron chi connectivity index (χ0n) is 45.3. The van der Waals surface area contributed by atoms with E-state index in [9.17, 15) is 33.9 Å². The Morgan fingerprint density at radius 2 is 1.78 bits per heavy atom. The van der Waals surface area contributed by atoms with Crippen LogP contribution in [-0.2, 0) is 43.4 Å². The van der Waals surface area contributed by atoms with Crippen molar-refractivity contribution >= 4 is 68.8 Å². The predicted molar refractivity (Wildman–Crippen MR) is 301 cm³/mol. The fourth-order valence-corrected chi connectivity index (χ4v) is 12.2. The van der Waals surface area contributed by atoms with Gasteiger partial charge in [0.2, 0.25) is 17.7 Å². The van der Waals surface area contributed by atoms with Gasteiger partial charge < -0.3 is 44.8 Å².